The molecule has 1 aliphatic rings. The van der Waals surface area contributed by atoms with Crippen LogP contribution in [-0.2, 0) is 9.53 Å². The van der Waals surface area contributed by atoms with Crippen molar-refractivity contribution < 1.29 is 14.3 Å². The number of aromatic nitrogens is 1. The standard InChI is InChI=1S/C14H18N2O4/c1-20-13(18)9-16(10-5-2-3-6-10)14(19)11-7-4-8-12(17)15-11/h4,7-8,10H,2-3,5-6,9H2,1H3,(H,15,17). The number of hydrogen-bond acceptors (Lipinski definition) is 4. The molecule has 0 bridgehead atoms. The molecule has 0 atom stereocenters. The van der Waals surface area contributed by atoms with Gasteiger partial charge in [0.1, 0.15) is 12.2 Å². The third-order valence-corrected chi connectivity index (χ3v) is 3.55. The van der Waals surface area contributed by atoms with Gasteiger partial charge in [-0.3, -0.25) is 14.4 Å². The van der Waals surface area contributed by atoms with Gasteiger partial charge in [-0.1, -0.05) is 18.9 Å². The van der Waals surface area contributed by atoms with Crippen LogP contribution in [-0.4, -0.2) is 41.5 Å². The number of carbonyl (C=O) groups is 2. The van der Waals surface area contributed by atoms with Crippen molar-refractivity contribution in [1.29, 1.82) is 0 Å². The summed E-state index contributed by atoms with van der Waals surface area (Å²) in [6.45, 7) is -0.0864. The van der Waals surface area contributed by atoms with E-state index >= 15 is 0 Å². The lowest BCUT2D eigenvalue weighted by Gasteiger charge is -2.27. The highest BCUT2D eigenvalue weighted by atomic mass is 16.5. The molecule has 0 aliphatic heterocycles. The van der Waals surface area contributed by atoms with Crippen LogP contribution < -0.4 is 5.56 Å². The Morgan fingerprint density at radius 1 is 1.35 bits per heavy atom. The van der Waals surface area contributed by atoms with Crippen LogP contribution in [0.5, 0.6) is 0 Å². The van der Waals surface area contributed by atoms with Gasteiger partial charge in [0.25, 0.3) is 5.91 Å². The molecule has 20 heavy (non-hydrogen) atoms. The van der Waals surface area contributed by atoms with Crippen molar-refractivity contribution in [1.82, 2.24) is 9.88 Å². The van der Waals surface area contributed by atoms with Crippen molar-refractivity contribution in [2.75, 3.05) is 13.7 Å². The number of nitrogens with one attached hydrogen (secondary N) is 1. The minimum Gasteiger partial charge on any atom is -0.468 e. The molecule has 2 rings (SSSR count). The van der Waals surface area contributed by atoms with Gasteiger partial charge < -0.3 is 14.6 Å². The molecule has 1 aromatic heterocycles. The number of ether oxygens (including phenoxy) is 1. The average molecular weight is 278 g/mol. The van der Waals surface area contributed by atoms with Gasteiger partial charge in [0.05, 0.1) is 7.11 Å². The number of hydrogen-bond donors (Lipinski definition) is 1. The van der Waals surface area contributed by atoms with Crippen LogP contribution in [0.1, 0.15) is 36.2 Å². The van der Waals surface area contributed by atoms with Crippen LogP contribution in [0, 0.1) is 0 Å². The Kier molecular flexibility index (Phi) is 4.55. The van der Waals surface area contributed by atoms with E-state index in [0.717, 1.165) is 25.7 Å². The lowest BCUT2D eigenvalue weighted by Crippen LogP contribution is -2.43. The van der Waals surface area contributed by atoms with Crippen LogP contribution in [0.4, 0.5) is 0 Å². The molecule has 6 heteroatoms. The summed E-state index contributed by atoms with van der Waals surface area (Å²) >= 11 is 0. The smallest absolute Gasteiger partial charge is 0.325 e. The van der Waals surface area contributed by atoms with Crippen LogP contribution in [0.15, 0.2) is 23.0 Å². The highest BCUT2D eigenvalue weighted by molar-refractivity contribution is 5.94. The van der Waals surface area contributed by atoms with E-state index in [2.05, 4.69) is 9.72 Å². The van der Waals surface area contributed by atoms with Crippen molar-refractivity contribution in [3.05, 3.63) is 34.2 Å². The molecular formula is C14H18N2O4. The number of H-pyrrole nitrogens is 1. The number of pyridine rings is 1. The van der Waals surface area contributed by atoms with Gasteiger partial charge in [-0.15, -0.1) is 0 Å². The van der Waals surface area contributed by atoms with Gasteiger partial charge in [0.15, 0.2) is 0 Å². The molecule has 0 aromatic carbocycles. The lowest BCUT2D eigenvalue weighted by atomic mass is 10.2. The Balaban J connectivity index is 2.22. The third kappa shape index (κ3) is 3.26. The molecule has 6 nitrogen and oxygen atoms in total. The maximum absolute atomic E-state index is 12.5. The summed E-state index contributed by atoms with van der Waals surface area (Å²) in [7, 11) is 1.30. The van der Waals surface area contributed by atoms with Gasteiger partial charge >= 0.3 is 5.97 Å². The molecule has 108 valence electrons. The summed E-state index contributed by atoms with van der Waals surface area (Å²) in [6, 6.07) is 4.45. The molecule has 0 radical (unpaired) electrons. The maximum Gasteiger partial charge on any atom is 0.325 e. The number of nitrogens with zero attached hydrogens (tertiary/aromatic N) is 1. The van der Waals surface area contributed by atoms with E-state index in [9.17, 15) is 14.4 Å². The average Bonchev–Trinajstić information content (AvgIpc) is 2.97. The number of methoxy groups -OCH3 is 1. The van der Waals surface area contributed by atoms with Gasteiger partial charge in [-0.05, 0) is 18.9 Å². The van der Waals surface area contributed by atoms with Crippen molar-refractivity contribution in [2.24, 2.45) is 0 Å². The highest BCUT2D eigenvalue weighted by Crippen LogP contribution is 2.24. The predicted octanol–water partition coefficient (Wildman–Crippen LogP) is 0.933. The molecule has 1 N–H and O–H groups in total. The fourth-order valence-electron chi connectivity index (χ4n) is 2.51. The molecule has 1 aliphatic carbocycles. The zero-order valence-corrected chi connectivity index (χ0v) is 11.4. The quantitative estimate of drug-likeness (QED) is 0.831. The van der Waals surface area contributed by atoms with Gasteiger partial charge in [-0.25, -0.2) is 0 Å². The maximum atomic E-state index is 12.5. The topological polar surface area (TPSA) is 79.5 Å². The van der Waals surface area contributed by atoms with Crippen molar-refractivity contribution in [3.63, 3.8) is 0 Å². The molecule has 0 saturated heterocycles. The van der Waals surface area contributed by atoms with E-state index in [1.54, 1.807) is 6.07 Å². The van der Waals surface area contributed by atoms with Crippen molar-refractivity contribution in [3.8, 4) is 0 Å². The Morgan fingerprint density at radius 3 is 2.65 bits per heavy atom. The Morgan fingerprint density at radius 2 is 2.05 bits per heavy atom. The summed E-state index contributed by atoms with van der Waals surface area (Å²) in [5.41, 5.74) is -0.131. The van der Waals surface area contributed by atoms with Crippen LogP contribution in [0.3, 0.4) is 0 Å². The predicted molar refractivity (Wildman–Crippen MR) is 72.4 cm³/mol. The zero-order valence-electron chi connectivity index (χ0n) is 11.4. The van der Waals surface area contributed by atoms with Crippen molar-refractivity contribution in [2.45, 2.75) is 31.7 Å². The largest absolute Gasteiger partial charge is 0.468 e. The van der Waals surface area contributed by atoms with E-state index < -0.39 is 5.97 Å². The molecule has 0 unspecified atom stereocenters. The zero-order chi connectivity index (χ0) is 14.5. The molecule has 1 aromatic rings. The highest BCUT2D eigenvalue weighted by Gasteiger charge is 2.29. The van der Waals surface area contributed by atoms with Gasteiger partial charge in [-0.2, -0.15) is 0 Å². The second-order valence-electron chi connectivity index (χ2n) is 4.88. The molecule has 1 heterocycles. The SMILES string of the molecule is COC(=O)CN(C(=O)c1cccc(=O)[nH]1)C1CCCC1. The van der Waals surface area contributed by atoms with E-state index in [0.29, 0.717) is 0 Å². The number of carbonyl (C=O) groups excluding carboxylic acids is 2. The Hall–Kier alpha value is -2.11. The molecule has 1 fully saturated rings. The van der Waals surface area contributed by atoms with E-state index in [-0.39, 0.29) is 29.7 Å². The summed E-state index contributed by atoms with van der Waals surface area (Å²) in [6.07, 6.45) is 3.83. The molecular weight excluding hydrogens is 260 g/mol. The minimum atomic E-state index is -0.455. The fourth-order valence-corrected chi connectivity index (χ4v) is 2.51. The van der Waals surface area contributed by atoms with Gasteiger partial charge in [0, 0.05) is 12.1 Å². The monoisotopic (exact) mass is 278 g/mol. The number of rotatable bonds is 4. The van der Waals surface area contributed by atoms with E-state index in [1.165, 1.54) is 24.1 Å². The summed E-state index contributed by atoms with van der Waals surface area (Å²) < 4.78 is 4.65. The summed E-state index contributed by atoms with van der Waals surface area (Å²) in [5, 5.41) is 0. The normalized spacial score (nSPS) is 15.1. The van der Waals surface area contributed by atoms with Gasteiger partial charge in [0.2, 0.25) is 5.56 Å². The third-order valence-electron chi connectivity index (χ3n) is 3.55. The molecule has 0 spiro atoms. The second-order valence-corrected chi connectivity index (χ2v) is 4.88. The first-order chi connectivity index (χ1) is 9.61. The van der Waals surface area contributed by atoms with E-state index in [1.807, 2.05) is 0 Å². The van der Waals surface area contributed by atoms with E-state index in [4.69, 9.17) is 0 Å². The lowest BCUT2D eigenvalue weighted by molar-refractivity contribution is -0.141. The van der Waals surface area contributed by atoms with Crippen LogP contribution in [0.2, 0.25) is 0 Å². The summed E-state index contributed by atoms with van der Waals surface area (Å²) in [5.74, 6) is -0.788. The molecule has 1 saturated carbocycles. The first kappa shape index (κ1) is 14.3. The number of amides is 1. The number of esters is 1. The molecule has 1 amide bonds. The Labute approximate surface area is 116 Å². The second kappa shape index (κ2) is 6.36. The fraction of sp³-hybridized carbons (Fsp3) is 0.500. The summed E-state index contributed by atoms with van der Waals surface area (Å²) in [4.78, 5) is 39.3. The van der Waals surface area contributed by atoms with Crippen molar-refractivity contribution >= 4 is 11.9 Å². The first-order valence-electron chi connectivity index (χ1n) is 6.69. The van der Waals surface area contributed by atoms with Crippen LogP contribution in [0.25, 0.3) is 0 Å². The minimum absolute atomic E-state index is 0.0327. The first-order valence-corrected chi connectivity index (χ1v) is 6.69. The van der Waals surface area contributed by atoms with Crippen LogP contribution >= 0.6 is 0 Å². The number of aromatic amines is 1. The Bertz CT molecular complexity index is 546.